The van der Waals surface area contributed by atoms with Crippen molar-refractivity contribution in [2.75, 3.05) is 33.4 Å². The Morgan fingerprint density at radius 3 is 2.55 bits per heavy atom. The minimum Gasteiger partial charge on any atom is -0.493 e. The molecule has 51 heavy (non-hydrogen) atoms. The van der Waals surface area contributed by atoms with Crippen molar-refractivity contribution in [3.8, 4) is 11.5 Å². The number of aliphatic hydroxyl groups is 1. The molecule has 3 heterocycles. The van der Waals surface area contributed by atoms with E-state index in [-0.39, 0.29) is 37.6 Å². The highest BCUT2D eigenvalue weighted by atomic mass is 16.5. The first-order chi connectivity index (χ1) is 24.7. The van der Waals surface area contributed by atoms with Gasteiger partial charge >= 0.3 is 0 Å². The van der Waals surface area contributed by atoms with E-state index in [1.54, 1.807) is 21.7 Å². The third kappa shape index (κ3) is 10.8. The zero-order valence-electron chi connectivity index (χ0n) is 29.4. The van der Waals surface area contributed by atoms with Gasteiger partial charge in [-0.25, -0.2) is 4.68 Å². The molecule has 1 aromatic heterocycles. The zero-order valence-corrected chi connectivity index (χ0v) is 29.4. The van der Waals surface area contributed by atoms with Gasteiger partial charge in [-0.05, 0) is 49.4 Å². The third-order valence-electron chi connectivity index (χ3n) is 9.42. The quantitative estimate of drug-likeness (QED) is 0.280. The van der Waals surface area contributed by atoms with Crippen LogP contribution in [0.2, 0.25) is 0 Å². The second-order valence-electron chi connectivity index (χ2n) is 13.3. The van der Waals surface area contributed by atoms with Crippen LogP contribution < -0.4 is 25.4 Å². The van der Waals surface area contributed by atoms with Crippen LogP contribution >= 0.6 is 0 Å². The Morgan fingerprint density at radius 1 is 1.02 bits per heavy atom. The van der Waals surface area contributed by atoms with E-state index in [2.05, 4.69) is 26.3 Å². The first-order valence-electron chi connectivity index (χ1n) is 17.8. The van der Waals surface area contributed by atoms with E-state index in [4.69, 9.17) is 9.47 Å². The summed E-state index contributed by atoms with van der Waals surface area (Å²) in [5, 5.41) is 27.3. The fourth-order valence-corrected chi connectivity index (χ4v) is 6.50. The van der Waals surface area contributed by atoms with Gasteiger partial charge in [0, 0.05) is 50.7 Å². The van der Waals surface area contributed by atoms with Gasteiger partial charge in [0.1, 0.15) is 18.7 Å². The van der Waals surface area contributed by atoms with Crippen LogP contribution in [0.4, 0.5) is 0 Å². The molecule has 274 valence electrons. The minimum absolute atomic E-state index is 0.0159. The average Bonchev–Trinajstić information content (AvgIpc) is 3.59. The van der Waals surface area contributed by atoms with Gasteiger partial charge in [-0.15, -0.1) is 5.10 Å². The number of hydrogen-bond acceptors (Lipinski definition) is 9. The van der Waals surface area contributed by atoms with Gasteiger partial charge in [0.05, 0.1) is 25.5 Å². The highest BCUT2D eigenvalue weighted by Gasteiger charge is 2.31. The van der Waals surface area contributed by atoms with Gasteiger partial charge in [-0.1, -0.05) is 54.8 Å². The van der Waals surface area contributed by atoms with Crippen molar-refractivity contribution in [2.24, 2.45) is 5.92 Å². The van der Waals surface area contributed by atoms with Gasteiger partial charge in [0.15, 0.2) is 11.5 Å². The van der Waals surface area contributed by atoms with E-state index >= 15 is 0 Å². The number of nitrogens with zero attached hydrogens (tertiary/aromatic N) is 4. The maximum absolute atomic E-state index is 13.7. The predicted molar refractivity (Wildman–Crippen MR) is 188 cm³/mol. The second kappa shape index (κ2) is 18.3. The number of carbonyl (C=O) groups excluding carboxylic acids is 4. The molecule has 0 saturated heterocycles. The molecule has 14 nitrogen and oxygen atoms in total. The van der Waals surface area contributed by atoms with Crippen molar-refractivity contribution >= 4 is 23.6 Å². The molecule has 1 aliphatic carbocycles. The molecular weight excluding hydrogens is 654 g/mol. The molecule has 3 aliphatic rings. The number of hydrogen-bond donors (Lipinski definition) is 4. The molecule has 0 unspecified atom stereocenters. The van der Waals surface area contributed by atoms with E-state index in [9.17, 15) is 24.3 Å². The largest absolute Gasteiger partial charge is 0.493 e. The van der Waals surface area contributed by atoms with E-state index < -0.39 is 35.9 Å². The maximum Gasteiger partial charge on any atom is 0.252 e. The van der Waals surface area contributed by atoms with Crippen LogP contribution in [0.1, 0.15) is 67.1 Å². The fraction of sp³-hybridized carbons (Fsp3) is 0.514. The molecule has 0 spiro atoms. The van der Waals surface area contributed by atoms with E-state index in [1.165, 1.54) is 26.5 Å². The molecule has 6 rings (SSSR count). The Kier molecular flexibility index (Phi) is 13.4. The summed E-state index contributed by atoms with van der Waals surface area (Å²) in [6.45, 7) is 2.80. The molecule has 1 saturated carbocycles. The van der Waals surface area contributed by atoms with Crippen molar-refractivity contribution in [2.45, 2.75) is 83.0 Å². The van der Waals surface area contributed by atoms with Crippen molar-refractivity contribution in [3.05, 3.63) is 71.5 Å². The lowest BCUT2D eigenvalue weighted by Gasteiger charge is -2.28. The topological polar surface area (TPSA) is 177 Å². The Balaban J connectivity index is 1.39. The van der Waals surface area contributed by atoms with Gasteiger partial charge < -0.3 is 35.4 Å². The number of nitrogens with one attached hydrogen (secondary N) is 3. The minimum atomic E-state index is -1.31. The maximum atomic E-state index is 13.7. The summed E-state index contributed by atoms with van der Waals surface area (Å²) < 4.78 is 13.1. The Labute approximate surface area is 298 Å². The summed E-state index contributed by atoms with van der Waals surface area (Å²) in [4.78, 5) is 55.9. The number of amides is 4. The number of aliphatic hydroxyl groups excluding tert-OH is 1. The standard InChI is InChI=1S/C37H49N7O7/c1-25(45)34-37(49)38-16-18-43(33(46)22-27-11-7-4-8-12-27)17-15-29-24-44(42-41-29)19-20-51-31-14-13-28(23-32(31)50-2)35(47)39-30(36(48)40-34)21-26-9-5-3-6-10-26/h3,5-6,9-10,13-14,23-25,27,30,34,45H,4,7-8,11-12,15-22H2,1-2H3,(H,38,49)(H,39,47)(H,40,48)/t25-,30-,34+/m1/s1. The molecule has 14 heteroatoms. The summed E-state index contributed by atoms with van der Waals surface area (Å²) in [5.41, 5.74) is 1.73. The van der Waals surface area contributed by atoms with Crippen LogP contribution in [-0.2, 0) is 33.8 Å². The predicted octanol–water partition coefficient (Wildman–Crippen LogP) is 2.04. The average molecular weight is 704 g/mol. The molecule has 0 radical (unpaired) electrons. The summed E-state index contributed by atoms with van der Waals surface area (Å²) in [6.07, 6.45) is 7.13. The highest BCUT2D eigenvalue weighted by molar-refractivity contribution is 5.99. The summed E-state index contributed by atoms with van der Waals surface area (Å²) in [5.74, 6) is -0.686. The molecule has 3 aromatic rings. The van der Waals surface area contributed by atoms with E-state index in [0.29, 0.717) is 49.0 Å². The van der Waals surface area contributed by atoms with Crippen molar-refractivity contribution in [3.63, 3.8) is 0 Å². The number of methoxy groups -OCH3 is 1. The Bertz CT molecular complexity index is 1620. The summed E-state index contributed by atoms with van der Waals surface area (Å²) >= 11 is 0. The molecule has 2 aliphatic heterocycles. The normalized spacial score (nSPS) is 20.8. The zero-order chi connectivity index (χ0) is 36.2. The van der Waals surface area contributed by atoms with Gasteiger partial charge in [0.25, 0.3) is 5.91 Å². The molecule has 4 bridgehead atoms. The molecule has 4 amide bonds. The van der Waals surface area contributed by atoms with Crippen LogP contribution in [0, 0.1) is 5.92 Å². The lowest BCUT2D eigenvalue weighted by Crippen LogP contribution is -2.58. The van der Waals surface area contributed by atoms with Crippen LogP contribution in [0.5, 0.6) is 11.5 Å². The molecule has 3 atom stereocenters. The van der Waals surface area contributed by atoms with E-state index in [1.807, 2.05) is 36.5 Å². The first-order valence-corrected chi connectivity index (χ1v) is 17.8. The molecule has 2 aromatic carbocycles. The first kappa shape index (κ1) is 37.3. The van der Waals surface area contributed by atoms with Crippen LogP contribution in [-0.4, -0.2) is 100 Å². The van der Waals surface area contributed by atoms with Crippen molar-refractivity contribution < 1.29 is 33.8 Å². The van der Waals surface area contributed by atoms with Crippen LogP contribution in [0.25, 0.3) is 0 Å². The Morgan fingerprint density at radius 2 is 1.80 bits per heavy atom. The lowest BCUT2D eigenvalue weighted by molar-refractivity contribution is -0.134. The monoisotopic (exact) mass is 703 g/mol. The van der Waals surface area contributed by atoms with Crippen LogP contribution in [0.3, 0.4) is 0 Å². The van der Waals surface area contributed by atoms with Crippen molar-refractivity contribution in [1.29, 1.82) is 0 Å². The van der Waals surface area contributed by atoms with Crippen molar-refractivity contribution in [1.82, 2.24) is 35.8 Å². The third-order valence-corrected chi connectivity index (χ3v) is 9.42. The smallest absolute Gasteiger partial charge is 0.252 e. The summed E-state index contributed by atoms with van der Waals surface area (Å²) in [6, 6.07) is 11.5. The number of aromatic nitrogens is 3. The lowest BCUT2D eigenvalue weighted by atomic mass is 9.86. The number of carbonyl (C=O) groups is 4. The highest BCUT2D eigenvalue weighted by Crippen LogP contribution is 2.29. The molecule has 4 N–H and O–H groups in total. The number of fused-ring (bicyclic) bond motifs is 16. The van der Waals surface area contributed by atoms with Crippen LogP contribution in [0.15, 0.2) is 54.7 Å². The molecule has 1 fully saturated rings. The van der Waals surface area contributed by atoms with E-state index in [0.717, 1.165) is 31.2 Å². The number of ether oxygens (including phenoxy) is 2. The Hall–Kier alpha value is -4.98. The summed E-state index contributed by atoms with van der Waals surface area (Å²) in [7, 11) is 1.47. The second-order valence-corrected chi connectivity index (χ2v) is 13.3. The SMILES string of the molecule is COc1cc2ccc1OCCn1cc(nn1)CCN(C(=O)CC1CCCCC1)CCNC(=O)[C@H]([C@@H](C)O)NC(=O)[C@@H](Cc1ccccc1)NC2=O. The number of rotatable bonds is 6. The van der Waals surface area contributed by atoms with Gasteiger partial charge in [-0.2, -0.15) is 0 Å². The van der Waals surface area contributed by atoms with Gasteiger partial charge in [-0.3, -0.25) is 19.2 Å². The number of benzene rings is 2. The fourth-order valence-electron chi connectivity index (χ4n) is 6.50. The molecular formula is C37H49N7O7. The van der Waals surface area contributed by atoms with Gasteiger partial charge in [0.2, 0.25) is 17.7 Å².